The lowest BCUT2D eigenvalue weighted by Crippen LogP contribution is -2.26. The third-order valence-electron chi connectivity index (χ3n) is 2.83. The summed E-state index contributed by atoms with van der Waals surface area (Å²) in [5, 5.41) is 9.70. The molecule has 0 spiro atoms. The number of aliphatic carboxylic acids is 1. The molecule has 0 fully saturated rings. The topological polar surface area (TPSA) is 46.5 Å². The van der Waals surface area contributed by atoms with Gasteiger partial charge in [0.1, 0.15) is 5.75 Å². The highest BCUT2D eigenvalue weighted by atomic mass is 35.5. The number of rotatable bonds is 5. The number of hydrogen-bond donors (Lipinski definition) is 1. The van der Waals surface area contributed by atoms with Crippen LogP contribution in [0.5, 0.6) is 5.75 Å². The number of aryl methyl sites for hydroxylation is 1. The van der Waals surface area contributed by atoms with Gasteiger partial charge in [0.25, 0.3) is 0 Å². The van der Waals surface area contributed by atoms with Crippen molar-refractivity contribution in [2.75, 3.05) is 0 Å². The predicted molar refractivity (Wildman–Crippen MR) is 72.6 cm³/mol. The van der Waals surface area contributed by atoms with Crippen molar-refractivity contribution in [3.8, 4) is 5.75 Å². The fourth-order valence-electron chi connectivity index (χ4n) is 1.70. The van der Waals surface area contributed by atoms with Crippen molar-refractivity contribution in [1.29, 1.82) is 0 Å². The number of halogens is 1. The van der Waals surface area contributed by atoms with Crippen molar-refractivity contribution in [2.45, 2.75) is 46.1 Å². The molecule has 0 aliphatic heterocycles. The van der Waals surface area contributed by atoms with Crippen LogP contribution in [0.1, 0.15) is 44.2 Å². The van der Waals surface area contributed by atoms with Crippen LogP contribution in [-0.4, -0.2) is 17.2 Å². The molecule has 1 rings (SSSR count). The van der Waals surface area contributed by atoms with Crippen LogP contribution in [0.3, 0.4) is 0 Å². The Morgan fingerprint density at radius 1 is 1.44 bits per heavy atom. The molecule has 1 aromatic carbocycles. The Morgan fingerprint density at radius 3 is 2.50 bits per heavy atom. The van der Waals surface area contributed by atoms with E-state index in [1.54, 1.807) is 6.92 Å². The molecule has 0 amide bonds. The first-order chi connectivity index (χ1) is 8.36. The molecule has 18 heavy (non-hydrogen) atoms. The van der Waals surface area contributed by atoms with Gasteiger partial charge in [0.15, 0.2) is 6.10 Å². The third kappa shape index (κ3) is 3.39. The van der Waals surface area contributed by atoms with Crippen LogP contribution in [0, 0.1) is 6.92 Å². The van der Waals surface area contributed by atoms with E-state index < -0.39 is 12.1 Å². The summed E-state index contributed by atoms with van der Waals surface area (Å²) >= 11 is 6.16. The van der Waals surface area contributed by atoms with Crippen LogP contribution >= 0.6 is 11.6 Å². The standard InChI is InChI=1S/C14H19ClO3/c1-5-12(14(16)17)18-13-7-10(8(2)3)11(15)6-9(13)4/h6-8,12H,5H2,1-4H3,(H,16,17). The van der Waals surface area contributed by atoms with Crippen LogP contribution in [0.2, 0.25) is 5.02 Å². The lowest BCUT2D eigenvalue weighted by Gasteiger charge is -2.18. The maximum atomic E-state index is 11.0. The third-order valence-corrected chi connectivity index (χ3v) is 3.16. The molecule has 1 N–H and O–H groups in total. The lowest BCUT2D eigenvalue weighted by atomic mass is 10.0. The smallest absolute Gasteiger partial charge is 0.344 e. The Hall–Kier alpha value is -1.22. The molecular formula is C14H19ClO3. The van der Waals surface area contributed by atoms with Gasteiger partial charge in [-0.3, -0.25) is 0 Å². The second-order valence-corrected chi connectivity index (χ2v) is 5.05. The van der Waals surface area contributed by atoms with Crippen molar-refractivity contribution in [3.63, 3.8) is 0 Å². The normalized spacial score (nSPS) is 12.6. The van der Waals surface area contributed by atoms with Gasteiger partial charge in [-0.05, 0) is 42.5 Å². The van der Waals surface area contributed by atoms with Gasteiger partial charge in [0, 0.05) is 5.02 Å². The first-order valence-corrected chi connectivity index (χ1v) is 6.44. The van der Waals surface area contributed by atoms with Crippen LogP contribution < -0.4 is 4.74 Å². The minimum Gasteiger partial charge on any atom is -0.479 e. The predicted octanol–water partition coefficient (Wildman–Crippen LogP) is 4.01. The molecule has 1 atom stereocenters. The Kier molecular flexibility index (Phi) is 5.03. The van der Waals surface area contributed by atoms with Gasteiger partial charge < -0.3 is 9.84 Å². The summed E-state index contributed by atoms with van der Waals surface area (Å²) in [6, 6.07) is 3.66. The van der Waals surface area contributed by atoms with Gasteiger partial charge in [0.05, 0.1) is 0 Å². The van der Waals surface area contributed by atoms with Gasteiger partial charge in [-0.15, -0.1) is 0 Å². The average Bonchev–Trinajstić information content (AvgIpc) is 2.26. The average molecular weight is 271 g/mol. The zero-order valence-corrected chi connectivity index (χ0v) is 11.9. The molecule has 100 valence electrons. The van der Waals surface area contributed by atoms with Crippen LogP contribution in [0.25, 0.3) is 0 Å². The van der Waals surface area contributed by atoms with E-state index in [0.29, 0.717) is 17.2 Å². The molecule has 1 aromatic rings. The molecule has 0 heterocycles. The molecule has 0 radical (unpaired) electrons. The van der Waals surface area contributed by atoms with E-state index in [-0.39, 0.29) is 5.92 Å². The molecule has 4 heteroatoms. The Balaban J connectivity index is 3.09. The monoisotopic (exact) mass is 270 g/mol. The van der Waals surface area contributed by atoms with Gasteiger partial charge >= 0.3 is 5.97 Å². The number of hydrogen-bond acceptors (Lipinski definition) is 2. The highest BCUT2D eigenvalue weighted by molar-refractivity contribution is 6.31. The van der Waals surface area contributed by atoms with E-state index >= 15 is 0 Å². The molecule has 0 saturated heterocycles. The first kappa shape index (κ1) is 14.8. The second-order valence-electron chi connectivity index (χ2n) is 4.65. The fourth-order valence-corrected chi connectivity index (χ4v) is 2.14. The van der Waals surface area contributed by atoms with Crippen molar-refractivity contribution < 1.29 is 14.6 Å². The molecule has 0 saturated carbocycles. The summed E-state index contributed by atoms with van der Waals surface area (Å²) < 4.78 is 5.54. The van der Waals surface area contributed by atoms with Crippen molar-refractivity contribution in [2.24, 2.45) is 0 Å². The largest absolute Gasteiger partial charge is 0.479 e. The molecule has 1 unspecified atom stereocenters. The van der Waals surface area contributed by atoms with Crippen LogP contribution in [-0.2, 0) is 4.79 Å². The maximum absolute atomic E-state index is 11.0. The zero-order chi connectivity index (χ0) is 13.9. The number of carbonyl (C=O) groups is 1. The Morgan fingerprint density at radius 2 is 2.06 bits per heavy atom. The summed E-state index contributed by atoms with van der Waals surface area (Å²) in [5.74, 6) is -0.0827. The van der Waals surface area contributed by atoms with E-state index in [2.05, 4.69) is 0 Å². The van der Waals surface area contributed by atoms with Gasteiger partial charge in [-0.1, -0.05) is 32.4 Å². The molecule has 0 aromatic heterocycles. The van der Waals surface area contributed by atoms with E-state index in [9.17, 15) is 4.79 Å². The summed E-state index contributed by atoms with van der Waals surface area (Å²) in [7, 11) is 0. The quantitative estimate of drug-likeness (QED) is 0.879. The highest BCUT2D eigenvalue weighted by Gasteiger charge is 2.19. The zero-order valence-electron chi connectivity index (χ0n) is 11.2. The maximum Gasteiger partial charge on any atom is 0.344 e. The number of ether oxygens (including phenoxy) is 1. The van der Waals surface area contributed by atoms with Crippen LogP contribution in [0.15, 0.2) is 12.1 Å². The van der Waals surface area contributed by atoms with Gasteiger partial charge in [0.2, 0.25) is 0 Å². The van der Waals surface area contributed by atoms with Crippen molar-refractivity contribution in [3.05, 3.63) is 28.3 Å². The summed E-state index contributed by atoms with van der Waals surface area (Å²) in [6.07, 6.45) is -0.390. The Labute approximate surface area is 113 Å². The number of carboxylic acid groups (broad SMARTS) is 1. The highest BCUT2D eigenvalue weighted by Crippen LogP contribution is 2.32. The molecule has 0 bridgehead atoms. The molecular weight excluding hydrogens is 252 g/mol. The van der Waals surface area contributed by atoms with Crippen molar-refractivity contribution in [1.82, 2.24) is 0 Å². The number of carboxylic acids is 1. The second kappa shape index (κ2) is 6.10. The molecule has 0 aliphatic rings. The van der Waals surface area contributed by atoms with Crippen LogP contribution in [0.4, 0.5) is 0 Å². The summed E-state index contributed by atoms with van der Waals surface area (Å²) in [6.45, 7) is 7.72. The minimum atomic E-state index is -0.946. The lowest BCUT2D eigenvalue weighted by molar-refractivity contribution is -0.145. The van der Waals surface area contributed by atoms with Gasteiger partial charge in [-0.25, -0.2) is 4.79 Å². The number of benzene rings is 1. The Bertz CT molecular complexity index is 441. The minimum absolute atomic E-state index is 0.269. The first-order valence-electron chi connectivity index (χ1n) is 6.06. The fraction of sp³-hybridized carbons (Fsp3) is 0.500. The van der Waals surface area contributed by atoms with Gasteiger partial charge in [-0.2, -0.15) is 0 Å². The summed E-state index contributed by atoms with van der Waals surface area (Å²) in [4.78, 5) is 11.0. The van der Waals surface area contributed by atoms with E-state index in [1.807, 2.05) is 32.9 Å². The van der Waals surface area contributed by atoms with E-state index in [4.69, 9.17) is 21.4 Å². The van der Waals surface area contributed by atoms with Crippen molar-refractivity contribution >= 4 is 17.6 Å². The van der Waals surface area contributed by atoms with E-state index in [0.717, 1.165) is 11.1 Å². The molecule has 0 aliphatic carbocycles. The summed E-state index contributed by atoms with van der Waals surface area (Å²) in [5.41, 5.74) is 1.82. The SMILES string of the molecule is CCC(Oc1cc(C(C)C)c(Cl)cc1C)C(=O)O. The molecule has 3 nitrogen and oxygen atoms in total. The van der Waals surface area contributed by atoms with E-state index in [1.165, 1.54) is 0 Å².